The molecule has 0 radical (unpaired) electrons. The Balaban J connectivity index is 1.93. The number of carboxylic acids is 1. The highest BCUT2D eigenvalue weighted by atomic mass is 32.1. The number of para-hydroxylation sites is 1. The summed E-state index contributed by atoms with van der Waals surface area (Å²) in [5.74, 6) is -0.461. The van der Waals surface area contributed by atoms with Gasteiger partial charge >= 0.3 is 5.97 Å². The second-order valence-electron chi connectivity index (χ2n) is 9.82. The van der Waals surface area contributed by atoms with E-state index in [-0.39, 0.29) is 0 Å². The number of hydrogen-bond acceptors (Lipinski definition) is 6. The number of carbonyl (C=O) groups is 1. The molecule has 1 unspecified atom stereocenters. The van der Waals surface area contributed by atoms with Crippen molar-refractivity contribution in [1.29, 1.82) is 0 Å². The molecule has 6 nitrogen and oxygen atoms in total. The van der Waals surface area contributed by atoms with Gasteiger partial charge in [0.15, 0.2) is 11.2 Å². The minimum atomic E-state index is -1.16. The van der Waals surface area contributed by atoms with E-state index in [1.807, 2.05) is 65.0 Å². The van der Waals surface area contributed by atoms with E-state index in [1.54, 1.807) is 0 Å². The summed E-state index contributed by atoms with van der Waals surface area (Å²) in [6.07, 6.45) is -1.16. The van der Waals surface area contributed by atoms with Gasteiger partial charge in [0, 0.05) is 16.8 Å². The van der Waals surface area contributed by atoms with Gasteiger partial charge in [0.2, 0.25) is 0 Å². The van der Waals surface area contributed by atoms with Crippen molar-refractivity contribution in [3.8, 4) is 11.1 Å². The number of benzene rings is 2. The van der Waals surface area contributed by atoms with Crippen LogP contribution < -0.4 is 5.32 Å². The van der Waals surface area contributed by atoms with Crippen LogP contribution >= 0.6 is 11.3 Å². The van der Waals surface area contributed by atoms with Crippen molar-refractivity contribution in [2.24, 2.45) is 0 Å². The molecular formula is C28H31N3O3S. The lowest BCUT2D eigenvalue weighted by atomic mass is 9.89. The molecule has 35 heavy (non-hydrogen) atoms. The van der Waals surface area contributed by atoms with Crippen LogP contribution in [0.5, 0.6) is 0 Å². The molecule has 0 bridgehead atoms. The molecule has 0 saturated heterocycles. The highest BCUT2D eigenvalue weighted by Crippen LogP contribution is 2.40. The van der Waals surface area contributed by atoms with Gasteiger partial charge in [0.1, 0.15) is 5.82 Å². The lowest BCUT2D eigenvalue weighted by Crippen LogP contribution is -2.28. The van der Waals surface area contributed by atoms with Crippen molar-refractivity contribution in [3.05, 3.63) is 70.4 Å². The van der Waals surface area contributed by atoms with Crippen LogP contribution in [0.25, 0.3) is 21.3 Å². The lowest BCUT2D eigenvalue weighted by Gasteiger charge is -2.29. The van der Waals surface area contributed by atoms with Crippen molar-refractivity contribution >= 4 is 38.5 Å². The Kier molecular flexibility index (Phi) is 6.66. The number of aliphatic carboxylic acids is 1. The second kappa shape index (κ2) is 9.40. The lowest BCUT2D eigenvalue weighted by molar-refractivity contribution is -0.160. The molecule has 0 aliphatic rings. The third kappa shape index (κ3) is 5.21. The van der Waals surface area contributed by atoms with Gasteiger partial charge in [0.25, 0.3) is 0 Å². The SMILES string of the molecule is Cc1ccc(-c2c(C)nc(Nc3nc4ccccc4s3)c(C)c2C(OC(C)(C)C)C(=O)O)cc1C. The summed E-state index contributed by atoms with van der Waals surface area (Å²) in [5, 5.41) is 14.3. The monoisotopic (exact) mass is 489 g/mol. The first-order valence-corrected chi connectivity index (χ1v) is 12.4. The van der Waals surface area contributed by atoms with Crippen molar-refractivity contribution in [3.63, 3.8) is 0 Å². The van der Waals surface area contributed by atoms with Gasteiger partial charge in [-0.05, 0) is 82.9 Å². The molecule has 2 aromatic heterocycles. The Morgan fingerprint density at radius 2 is 1.74 bits per heavy atom. The van der Waals surface area contributed by atoms with Crippen LogP contribution in [0.3, 0.4) is 0 Å². The fourth-order valence-corrected chi connectivity index (χ4v) is 5.01. The number of rotatable bonds is 6. The summed E-state index contributed by atoms with van der Waals surface area (Å²) in [5.41, 5.74) is 6.31. The van der Waals surface area contributed by atoms with Crippen molar-refractivity contribution in [2.75, 3.05) is 5.32 Å². The fraction of sp³-hybridized carbons (Fsp3) is 0.321. The number of nitrogens with one attached hydrogen (secondary N) is 1. The minimum absolute atomic E-state index is 0.577. The number of carboxylic acid groups (broad SMARTS) is 1. The van der Waals surface area contributed by atoms with Crippen molar-refractivity contribution in [2.45, 2.75) is 60.2 Å². The molecule has 0 aliphatic carbocycles. The molecule has 0 amide bonds. The van der Waals surface area contributed by atoms with Gasteiger partial charge in [-0.2, -0.15) is 0 Å². The number of hydrogen-bond donors (Lipinski definition) is 2. The Morgan fingerprint density at radius 1 is 1.03 bits per heavy atom. The first-order valence-electron chi connectivity index (χ1n) is 11.6. The van der Waals surface area contributed by atoms with E-state index >= 15 is 0 Å². The van der Waals surface area contributed by atoms with Crippen LogP contribution in [0, 0.1) is 27.7 Å². The molecule has 2 heterocycles. The zero-order chi connectivity index (χ0) is 25.5. The smallest absolute Gasteiger partial charge is 0.337 e. The molecule has 182 valence electrons. The van der Waals surface area contributed by atoms with Gasteiger partial charge < -0.3 is 15.2 Å². The van der Waals surface area contributed by atoms with E-state index < -0.39 is 17.7 Å². The quantitative estimate of drug-likeness (QED) is 0.296. The first kappa shape index (κ1) is 24.8. The molecule has 7 heteroatoms. The maximum absolute atomic E-state index is 12.6. The summed E-state index contributed by atoms with van der Waals surface area (Å²) < 4.78 is 7.19. The summed E-state index contributed by atoms with van der Waals surface area (Å²) in [4.78, 5) is 22.1. The standard InChI is InChI=1S/C28H31N3O3S/c1-15-12-13-19(14-16(15)2)23-18(4)29-25(31-27-30-20-10-8-9-11-21(20)35-27)17(3)22(23)24(26(32)33)34-28(5,6)7/h8-14,24H,1-7H3,(H,32,33)(H,29,30,31). The zero-order valence-corrected chi connectivity index (χ0v) is 22.0. The van der Waals surface area contributed by atoms with Crippen LogP contribution in [0.2, 0.25) is 0 Å². The van der Waals surface area contributed by atoms with Crippen LogP contribution in [0.4, 0.5) is 10.9 Å². The number of thiazole rings is 1. The number of ether oxygens (including phenoxy) is 1. The van der Waals surface area contributed by atoms with Gasteiger partial charge in [-0.15, -0.1) is 0 Å². The third-order valence-electron chi connectivity index (χ3n) is 5.94. The number of aromatic nitrogens is 2. The van der Waals surface area contributed by atoms with E-state index in [4.69, 9.17) is 9.72 Å². The maximum Gasteiger partial charge on any atom is 0.337 e. The molecule has 2 N–H and O–H groups in total. The summed E-state index contributed by atoms with van der Waals surface area (Å²) in [6.45, 7) is 13.5. The van der Waals surface area contributed by atoms with Gasteiger partial charge in [-0.25, -0.2) is 14.8 Å². The number of anilines is 2. The second-order valence-corrected chi connectivity index (χ2v) is 10.8. The van der Waals surface area contributed by atoms with Gasteiger partial charge in [-0.3, -0.25) is 0 Å². The Labute approximate surface area is 210 Å². The van der Waals surface area contributed by atoms with Crippen LogP contribution in [0.1, 0.15) is 54.8 Å². The predicted molar refractivity (Wildman–Crippen MR) is 143 cm³/mol. The summed E-state index contributed by atoms with van der Waals surface area (Å²) in [6, 6.07) is 14.1. The van der Waals surface area contributed by atoms with E-state index in [1.165, 1.54) is 16.9 Å². The van der Waals surface area contributed by atoms with Gasteiger partial charge in [0.05, 0.1) is 15.8 Å². The van der Waals surface area contributed by atoms with Gasteiger partial charge in [-0.1, -0.05) is 41.7 Å². The first-order chi connectivity index (χ1) is 16.4. The van der Waals surface area contributed by atoms with E-state index in [9.17, 15) is 9.90 Å². The molecule has 4 rings (SSSR count). The molecule has 4 aromatic rings. The number of aryl methyl sites for hydroxylation is 3. The Bertz CT molecular complexity index is 1390. The highest BCUT2D eigenvalue weighted by molar-refractivity contribution is 7.22. The maximum atomic E-state index is 12.6. The minimum Gasteiger partial charge on any atom is -0.479 e. The average Bonchev–Trinajstić information content (AvgIpc) is 3.18. The van der Waals surface area contributed by atoms with Crippen molar-refractivity contribution in [1.82, 2.24) is 9.97 Å². The normalized spacial score (nSPS) is 12.7. The van der Waals surface area contributed by atoms with Crippen LogP contribution in [-0.4, -0.2) is 26.6 Å². The third-order valence-corrected chi connectivity index (χ3v) is 6.89. The zero-order valence-electron chi connectivity index (χ0n) is 21.2. The molecule has 0 fully saturated rings. The Morgan fingerprint density at radius 3 is 2.37 bits per heavy atom. The summed E-state index contributed by atoms with van der Waals surface area (Å²) in [7, 11) is 0. The van der Waals surface area contributed by atoms with Crippen molar-refractivity contribution < 1.29 is 14.6 Å². The topological polar surface area (TPSA) is 84.3 Å². The fourth-order valence-electron chi connectivity index (χ4n) is 4.14. The molecule has 0 spiro atoms. The molecule has 1 atom stereocenters. The van der Waals surface area contributed by atoms with E-state index in [0.29, 0.717) is 16.5 Å². The number of fused-ring (bicyclic) bond motifs is 1. The molecule has 0 saturated carbocycles. The van der Waals surface area contributed by atoms with E-state index in [0.717, 1.165) is 38.2 Å². The molecular weight excluding hydrogens is 458 g/mol. The summed E-state index contributed by atoms with van der Waals surface area (Å²) >= 11 is 1.53. The predicted octanol–water partition coefficient (Wildman–Crippen LogP) is 7.28. The van der Waals surface area contributed by atoms with Crippen LogP contribution in [-0.2, 0) is 9.53 Å². The largest absolute Gasteiger partial charge is 0.479 e. The highest BCUT2D eigenvalue weighted by Gasteiger charge is 2.33. The average molecular weight is 490 g/mol. The molecule has 2 aromatic carbocycles. The number of pyridine rings is 1. The van der Waals surface area contributed by atoms with Crippen LogP contribution in [0.15, 0.2) is 42.5 Å². The molecule has 0 aliphatic heterocycles. The van der Waals surface area contributed by atoms with E-state index in [2.05, 4.69) is 36.3 Å². The Hall–Kier alpha value is -3.29. The number of nitrogens with zero attached hydrogens (tertiary/aromatic N) is 2.